The van der Waals surface area contributed by atoms with Gasteiger partial charge >= 0.3 is 5.97 Å². The molecule has 31 heavy (non-hydrogen) atoms. The number of carbonyl (C=O) groups is 1. The second-order valence-electron chi connectivity index (χ2n) is 7.56. The predicted molar refractivity (Wildman–Crippen MR) is 123 cm³/mol. The van der Waals surface area contributed by atoms with Crippen LogP contribution in [0.3, 0.4) is 0 Å². The monoisotopic (exact) mass is 438 g/mol. The van der Waals surface area contributed by atoms with Gasteiger partial charge in [0.2, 0.25) is 0 Å². The summed E-state index contributed by atoms with van der Waals surface area (Å²) in [5.74, 6) is 1.56. The molecule has 3 rings (SSSR count). The van der Waals surface area contributed by atoms with Crippen LogP contribution in [0, 0.1) is 5.92 Å². The summed E-state index contributed by atoms with van der Waals surface area (Å²) >= 11 is 5.94. The maximum absolute atomic E-state index is 13.0. The molecule has 2 atom stereocenters. The van der Waals surface area contributed by atoms with Gasteiger partial charge in [0, 0.05) is 10.9 Å². The number of halogens is 1. The van der Waals surface area contributed by atoms with E-state index in [0.717, 1.165) is 11.3 Å². The van der Waals surface area contributed by atoms with Gasteiger partial charge in [0.1, 0.15) is 23.4 Å². The van der Waals surface area contributed by atoms with Crippen LogP contribution in [-0.4, -0.2) is 12.1 Å². The predicted octanol–water partition coefficient (Wildman–Crippen LogP) is 7.23. The minimum absolute atomic E-state index is 0.0616. The lowest BCUT2D eigenvalue weighted by molar-refractivity contribution is -0.160. The molecule has 2 unspecified atom stereocenters. The van der Waals surface area contributed by atoms with E-state index < -0.39 is 18.2 Å². The minimum Gasteiger partial charge on any atom is -0.478 e. The van der Waals surface area contributed by atoms with Gasteiger partial charge in [-0.25, -0.2) is 4.79 Å². The van der Waals surface area contributed by atoms with E-state index in [2.05, 4.69) is 0 Å². The Hall–Kier alpha value is -2.98. The number of rotatable bonds is 9. The lowest BCUT2D eigenvalue weighted by Gasteiger charge is -2.24. The van der Waals surface area contributed by atoms with Crippen molar-refractivity contribution in [2.24, 2.45) is 5.92 Å². The number of carbonyl (C=O) groups excluding carboxylic acids is 1. The number of hydrogen-bond donors (Lipinski definition) is 0. The van der Waals surface area contributed by atoms with E-state index in [-0.39, 0.29) is 5.92 Å². The van der Waals surface area contributed by atoms with Crippen molar-refractivity contribution in [3.8, 4) is 17.2 Å². The van der Waals surface area contributed by atoms with Gasteiger partial charge in [-0.3, -0.25) is 0 Å². The first-order chi connectivity index (χ1) is 15.0. The third-order valence-electron chi connectivity index (χ3n) is 4.75. The number of hydrogen-bond acceptors (Lipinski definition) is 4. The molecule has 0 aliphatic rings. The van der Waals surface area contributed by atoms with Crippen molar-refractivity contribution in [3.05, 3.63) is 89.4 Å². The molecular weight excluding hydrogens is 412 g/mol. The zero-order chi connectivity index (χ0) is 22.2. The maximum Gasteiger partial charge on any atom is 0.348 e. The molecule has 0 heterocycles. The first kappa shape index (κ1) is 22.7. The summed E-state index contributed by atoms with van der Waals surface area (Å²) < 4.78 is 17.7. The van der Waals surface area contributed by atoms with E-state index >= 15 is 0 Å². The average Bonchev–Trinajstić information content (AvgIpc) is 2.77. The minimum atomic E-state index is -0.723. The summed E-state index contributed by atoms with van der Waals surface area (Å²) in [6.07, 6.45) is -0.493. The molecule has 0 radical (unpaired) electrons. The van der Waals surface area contributed by atoms with Gasteiger partial charge < -0.3 is 14.2 Å². The van der Waals surface area contributed by atoms with Crippen LogP contribution in [0.2, 0.25) is 5.02 Å². The first-order valence-electron chi connectivity index (χ1n) is 10.4. The molecule has 162 valence electrons. The Morgan fingerprint density at radius 3 is 2.19 bits per heavy atom. The quantitative estimate of drug-likeness (QED) is 0.330. The van der Waals surface area contributed by atoms with E-state index in [1.165, 1.54) is 0 Å². The fourth-order valence-electron chi connectivity index (χ4n) is 3.11. The zero-order valence-corrected chi connectivity index (χ0v) is 18.7. The number of esters is 1. The molecule has 0 amide bonds. The molecule has 0 fully saturated rings. The summed E-state index contributed by atoms with van der Waals surface area (Å²) in [4.78, 5) is 13.0. The van der Waals surface area contributed by atoms with Gasteiger partial charge in [0.05, 0.1) is 0 Å². The summed E-state index contributed by atoms with van der Waals surface area (Å²) in [5.41, 5.74) is 0.873. The van der Waals surface area contributed by atoms with E-state index in [1.807, 2.05) is 75.4 Å². The molecule has 0 aliphatic carbocycles. The second-order valence-corrected chi connectivity index (χ2v) is 7.99. The Morgan fingerprint density at radius 2 is 1.55 bits per heavy atom. The van der Waals surface area contributed by atoms with Gasteiger partial charge in [-0.05, 0) is 60.5 Å². The van der Waals surface area contributed by atoms with E-state index in [9.17, 15) is 4.79 Å². The van der Waals surface area contributed by atoms with Crippen LogP contribution in [0.5, 0.6) is 17.2 Å². The van der Waals surface area contributed by atoms with Crippen molar-refractivity contribution in [2.45, 2.75) is 39.4 Å². The highest BCUT2D eigenvalue weighted by Gasteiger charge is 2.28. The molecule has 0 saturated heterocycles. The normalized spacial score (nSPS) is 12.8. The summed E-state index contributed by atoms with van der Waals surface area (Å²) in [7, 11) is 0. The molecule has 0 N–H and O–H groups in total. The Labute approximate surface area is 188 Å². The van der Waals surface area contributed by atoms with Crippen molar-refractivity contribution in [2.75, 3.05) is 0 Å². The van der Waals surface area contributed by atoms with Crippen LogP contribution in [0.25, 0.3) is 0 Å². The fraction of sp³-hybridized carbons (Fsp3) is 0.269. The Balaban J connectivity index is 1.71. The Kier molecular flexibility index (Phi) is 7.96. The molecule has 4 nitrogen and oxygen atoms in total. The van der Waals surface area contributed by atoms with E-state index in [4.69, 9.17) is 25.8 Å². The molecule has 3 aromatic carbocycles. The largest absolute Gasteiger partial charge is 0.478 e. The van der Waals surface area contributed by atoms with Crippen molar-refractivity contribution in [1.29, 1.82) is 0 Å². The van der Waals surface area contributed by atoms with Crippen LogP contribution in [0.4, 0.5) is 0 Å². The number of benzene rings is 3. The summed E-state index contributed by atoms with van der Waals surface area (Å²) in [6.45, 7) is 5.83. The van der Waals surface area contributed by atoms with E-state index in [1.54, 1.807) is 24.3 Å². The lowest BCUT2D eigenvalue weighted by Crippen LogP contribution is -2.35. The molecule has 0 spiro atoms. The van der Waals surface area contributed by atoms with Crippen LogP contribution in [0.1, 0.15) is 38.9 Å². The molecule has 0 aliphatic heterocycles. The van der Waals surface area contributed by atoms with Crippen molar-refractivity contribution < 1.29 is 19.0 Å². The molecule has 0 saturated carbocycles. The summed E-state index contributed by atoms with van der Waals surface area (Å²) in [6, 6.07) is 24.1. The average molecular weight is 439 g/mol. The molecule has 5 heteroatoms. The summed E-state index contributed by atoms with van der Waals surface area (Å²) in [5, 5.41) is 0.611. The molecule has 0 bridgehead atoms. The van der Waals surface area contributed by atoms with Gasteiger partial charge in [-0.15, -0.1) is 0 Å². The van der Waals surface area contributed by atoms with Gasteiger partial charge in [-0.2, -0.15) is 0 Å². The second kappa shape index (κ2) is 10.9. The third-order valence-corrected chi connectivity index (χ3v) is 5.00. The first-order valence-corrected chi connectivity index (χ1v) is 10.8. The molecular formula is C26H27ClO4. The SMILES string of the molecule is CCC(OC(=O)C(Oc1ccc(Cl)cc1)C(C)C)c1cccc(Oc2ccccc2)c1. The van der Waals surface area contributed by atoms with Crippen LogP contribution < -0.4 is 9.47 Å². The zero-order valence-electron chi connectivity index (χ0n) is 18.0. The van der Waals surface area contributed by atoms with E-state index in [0.29, 0.717) is 22.9 Å². The highest BCUT2D eigenvalue weighted by molar-refractivity contribution is 6.30. The van der Waals surface area contributed by atoms with Crippen LogP contribution in [-0.2, 0) is 9.53 Å². The fourth-order valence-corrected chi connectivity index (χ4v) is 3.24. The van der Waals surface area contributed by atoms with Gasteiger partial charge in [-0.1, -0.05) is 62.7 Å². The van der Waals surface area contributed by atoms with Crippen molar-refractivity contribution in [1.82, 2.24) is 0 Å². The van der Waals surface area contributed by atoms with Gasteiger partial charge in [0.15, 0.2) is 6.10 Å². The molecule has 0 aromatic heterocycles. The lowest BCUT2D eigenvalue weighted by atomic mass is 10.1. The van der Waals surface area contributed by atoms with Crippen molar-refractivity contribution >= 4 is 17.6 Å². The highest BCUT2D eigenvalue weighted by Crippen LogP contribution is 2.29. The van der Waals surface area contributed by atoms with Crippen LogP contribution in [0.15, 0.2) is 78.9 Å². The van der Waals surface area contributed by atoms with Gasteiger partial charge in [0.25, 0.3) is 0 Å². The van der Waals surface area contributed by atoms with Crippen LogP contribution >= 0.6 is 11.6 Å². The standard InChI is InChI=1S/C26H27ClO4/c1-4-24(19-9-8-12-23(17-19)29-21-10-6-5-7-11-21)31-26(28)25(18(2)3)30-22-15-13-20(27)14-16-22/h5-18,24-25H,4H2,1-3H3. The van der Waals surface area contributed by atoms with Crippen molar-refractivity contribution in [3.63, 3.8) is 0 Å². The Bertz CT molecular complexity index is 970. The molecule has 3 aromatic rings. The maximum atomic E-state index is 13.0. The third kappa shape index (κ3) is 6.50. The number of ether oxygens (including phenoxy) is 3. The smallest absolute Gasteiger partial charge is 0.348 e. The topological polar surface area (TPSA) is 44.8 Å². The Morgan fingerprint density at radius 1 is 0.871 bits per heavy atom. The highest BCUT2D eigenvalue weighted by atomic mass is 35.5. The number of para-hydroxylation sites is 1.